The Morgan fingerprint density at radius 2 is 1.91 bits per heavy atom. The van der Waals surface area contributed by atoms with E-state index < -0.39 is 5.91 Å². The summed E-state index contributed by atoms with van der Waals surface area (Å²) in [6, 6.07) is 15.3. The number of rotatable bonds is 4. The zero-order valence-corrected chi connectivity index (χ0v) is 19.4. The lowest BCUT2D eigenvalue weighted by Crippen LogP contribution is -2.48. The number of anilines is 1. The van der Waals surface area contributed by atoms with Gasteiger partial charge in [0.05, 0.1) is 11.8 Å². The molecule has 0 saturated carbocycles. The molecule has 0 bridgehead atoms. The highest BCUT2D eigenvalue weighted by Gasteiger charge is 2.35. The smallest absolute Gasteiger partial charge is 0.275 e. The van der Waals surface area contributed by atoms with Crippen molar-refractivity contribution in [3.05, 3.63) is 70.8 Å². The molecular weight excluding hydrogens is 398 g/mol. The maximum absolute atomic E-state index is 12.6. The molecule has 1 aliphatic heterocycles. The van der Waals surface area contributed by atoms with Crippen LogP contribution in [0.2, 0.25) is 0 Å². The number of hydrogen-bond acceptors (Lipinski definition) is 4. The van der Waals surface area contributed by atoms with E-state index in [2.05, 4.69) is 62.2 Å². The number of hydrazone groups is 1. The largest absolute Gasteiger partial charge is 0.507 e. The Kier molecular flexibility index (Phi) is 5.68. The summed E-state index contributed by atoms with van der Waals surface area (Å²) in [5.41, 5.74) is 7.59. The zero-order valence-electron chi connectivity index (χ0n) is 19.4. The van der Waals surface area contributed by atoms with Gasteiger partial charge in [-0.3, -0.25) is 4.79 Å². The van der Waals surface area contributed by atoms with Crippen molar-refractivity contribution >= 4 is 28.6 Å². The summed E-state index contributed by atoms with van der Waals surface area (Å²) in [4.78, 5) is 15.1. The molecule has 3 aromatic rings. The Bertz CT molecular complexity index is 1210. The average molecular weight is 430 g/mol. The number of benzene rings is 3. The fourth-order valence-electron chi connectivity index (χ4n) is 5.02. The minimum absolute atomic E-state index is 0.0579. The van der Waals surface area contributed by atoms with Gasteiger partial charge in [0.2, 0.25) is 0 Å². The van der Waals surface area contributed by atoms with Gasteiger partial charge in [-0.2, -0.15) is 5.10 Å². The number of nitrogens with zero attached hydrogens (tertiary/aromatic N) is 2. The number of carbonyl (C=O) groups excluding carboxylic acids is 1. The van der Waals surface area contributed by atoms with Crippen LogP contribution >= 0.6 is 0 Å². The molecule has 0 saturated heterocycles. The van der Waals surface area contributed by atoms with Crippen molar-refractivity contribution in [3.63, 3.8) is 0 Å². The maximum Gasteiger partial charge on any atom is 0.275 e. The van der Waals surface area contributed by atoms with Gasteiger partial charge in [0.15, 0.2) is 0 Å². The number of fused-ring (bicyclic) bond motifs is 2. The van der Waals surface area contributed by atoms with Crippen LogP contribution in [0.4, 0.5) is 5.69 Å². The van der Waals surface area contributed by atoms with Crippen molar-refractivity contribution in [2.45, 2.75) is 52.5 Å². The monoisotopic (exact) mass is 429 g/mol. The summed E-state index contributed by atoms with van der Waals surface area (Å²) >= 11 is 0. The molecule has 0 radical (unpaired) electrons. The van der Waals surface area contributed by atoms with Gasteiger partial charge in [0.25, 0.3) is 5.91 Å². The molecule has 0 spiro atoms. The summed E-state index contributed by atoms with van der Waals surface area (Å²) < 4.78 is 0. The van der Waals surface area contributed by atoms with Crippen LogP contribution < -0.4 is 10.3 Å². The molecule has 0 fully saturated rings. The van der Waals surface area contributed by atoms with Gasteiger partial charge >= 0.3 is 0 Å². The Morgan fingerprint density at radius 1 is 1.22 bits per heavy atom. The van der Waals surface area contributed by atoms with Gasteiger partial charge in [-0.1, -0.05) is 31.2 Å². The van der Waals surface area contributed by atoms with Gasteiger partial charge in [-0.05, 0) is 91.8 Å². The number of phenols is 1. The summed E-state index contributed by atoms with van der Waals surface area (Å²) in [6.45, 7) is 12.1. The van der Waals surface area contributed by atoms with Crippen LogP contribution in [0.3, 0.4) is 0 Å². The SMILES string of the molecule is CCN1c2cc(C)c(/C=N\NC(=O)c3cc4ccccc4cc3O)cc2C(C)CC1(C)C. The third-order valence-corrected chi connectivity index (χ3v) is 6.57. The highest BCUT2D eigenvalue weighted by Crippen LogP contribution is 2.44. The lowest BCUT2D eigenvalue weighted by molar-refractivity contribution is 0.0952. The fourth-order valence-corrected chi connectivity index (χ4v) is 5.02. The van der Waals surface area contributed by atoms with E-state index in [0.717, 1.165) is 34.9 Å². The third-order valence-electron chi connectivity index (χ3n) is 6.57. The van der Waals surface area contributed by atoms with E-state index in [-0.39, 0.29) is 16.9 Å². The molecule has 3 aromatic carbocycles. The summed E-state index contributed by atoms with van der Waals surface area (Å²) in [6.07, 6.45) is 2.78. The van der Waals surface area contributed by atoms with E-state index in [4.69, 9.17) is 0 Å². The van der Waals surface area contributed by atoms with Gasteiger partial charge < -0.3 is 10.0 Å². The summed E-state index contributed by atoms with van der Waals surface area (Å²) in [7, 11) is 0. The van der Waals surface area contributed by atoms with E-state index >= 15 is 0 Å². The number of aromatic hydroxyl groups is 1. The van der Waals surface area contributed by atoms with E-state index in [0.29, 0.717) is 5.92 Å². The van der Waals surface area contributed by atoms with E-state index in [1.807, 2.05) is 24.3 Å². The molecule has 1 unspecified atom stereocenters. The van der Waals surface area contributed by atoms with Crippen LogP contribution in [0.25, 0.3) is 10.8 Å². The van der Waals surface area contributed by atoms with E-state index in [1.165, 1.54) is 11.3 Å². The van der Waals surface area contributed by atoms with Gasteiger partial charge in [0, 0.05) is 17.8 Å². The van der Waals surface area contributed by atoms with Crippen molar-refractivity contribution in [1.82, 2.24) is 5.43 Å². The third kappa shape index (κ3) is 3.95. The first-order valence-electron chi connectivity index (χ1n) is 11.2. The normalized spacial score (nSPS) is 17.5. The molecule has 1 heterocycles. The first kappa shape index (κ1) is 21.9. The number of carbonyl (C=O) groups is 1. The fraction of sp³-hybridized carbons (Fsp3) is 0.333. The molecule has 1 amide bonds. The molecule has 0 aliphatic carbocycles. The highest BCUT2D eigenvalue weighted by atomic mass is 16.3. The molecule has 1 aliphatic rings. The molecule has 166 valence electrons. The number of amides is 1. The van der Waals surface area contributed by atoms with Gasteiger partial charge in [0.1, 0.15) is 5.75 Å². The second-order valence-corrected chi connectivity index (χ2v) is 9.35. The van der Waals surface area contributed by atoms with Gasteiger partial charge in [-0.25, -0.2) is 5.43 Å². The predicted octanol–water partition coefficient (Wildman–Crippen LogP) is 5.73. The van der Waals surface area contributed by atoms with Gasteiger partial charge in [-0.15, -0.1) is 0 Å². The number of aryl methyl sites for hydroxylation is 1. The van der Waals surface area contributed by atoms with E-state index in [9.17, 15) is 9.90 Å². The van der Waals surface area contributed by atoms with Crippen LogP contribution in [0, 0.1) is 6.92 Å². The van der Waals surface area contributed by atoms with Crippen molar-refractivity contribution in [3.8, 4) is 5.75 Å². The maximum atomic E-state index is 12.6. The van der Waals surface area contributed by atoms with Crippen molar-refractivity contribution in [1.29, 1.82) is 0 Å². The van der Waals surface area contributed by atoms with Crippen LogP contribution in [0.5, 0.6) is 5.75 Å². The van der Waals surface area contributed by atoms with Crippen LogP contribution in [0.15, 0.2) is 53.6 Å². The Labute approximate surface area is 189 Å². The van der Waals surface area contributed by atoms with Crippen LogP contribution in [-0.4, -0.2) is 29.3 Å². The second kappa shape index (κ2) is 8.30. The van der Waals surface area contributed by atoms with E-state index in [1.54, 1.807) is 18.3 Å². The molecule has 2 N–H and O–H groups in total. The molecular formula is C27H31N3O2. The second-order valence-electron chi connectivity index (χ2n) is 9.35. The van der Waals surface area contributed by atoms with Crippen LogP contribution in [-0.2, 0) is 0 Å². The number of nitrogens with one attached hydrogen (secondary N) is 1. The Morgan fingerprint density at radius 3 is 2.59 bits per heavy atom. The Balaban J connectivity index is 1.58. The minimum Gasteiger partial charge on any atom is -0.507 e. The van der Waals surface area contributed by atoms with Crippen LogP contribution in [0.1, 0.15) is 67.1 Å². The minimum atomic E-state index is -0.438. The number of phenolic OH excluding ortho intramolecular Hbond substituents is 1. The predicted molar refractivity (Wildman–Crippen MR) is 132 cm³/mol. The first-order chi connectivity index (χ1) is 15.2. The average Bonchev–Trinajstić information content (AvgIpc) is 2.73. The van der Waals surface area contributed by atoms with Crippen molar-refractivity contribution in [2.75, 3.05) is 11.4 Å². The molecule has 5 heteroatoms. The molecule has 5 nitrogen and oxygen atoms in total. The van der Waals surface area contributed by atoms with Crippen molar-refractivity contribution < 1.29 is 9.90 Å². The molecule has 4 rings (SSSR count). The summed E-state index contributed by atoms with van der Waals surface area (Å²) in [5.74, 6) is -0.0514. The molecule has 32 heavy (non-hydrogen) atoms. The summed E-state index contributed by atoms with van der Waals surface area (Å²) in [5, 5.41) is 16.2. The Hall–Kier alpha value is -3.34. The standard InChI is InChI=1S/C27H31N3O2/c1-6-30-24-11-17(2)21(13-22(24)18(3)15-27(30,4)5)16-28-29-26(32)23-12-19-9-7-8-10-20(19)14-25(23)31/h7-14,16,18,31H,6,15H2,1-5H3,(H,29,32)/b28-16-. The zero-order chi connectivity index (χ0) is 23.0. The molecule has 1 atom stereocenters. The number of hydrogen-bond donors (Lipinski definition) is 2. The van der Waals surface area contributed by atoms with Crippen molar-refractivity contribution in [2.24, 2.45) is 5.10 Å². The lowest BCUT2D eigenvalue weighted by atomic mass is 9.79. The topological polar surface area (TPSA) is 64.9 Å². The quantitative estimate of drug-likeness (QED) is 0.411. The first-order valence-corrected chi connectivity index (χ1v) is 11.2. The highest BCUT2D eigenvalue weighted by molar-refractivity contribution is 6.01. The molecule has 0 aromatic heterocycles. The lowest BCUT2D eigenvalue weighted by Gasteiger charge is -2.47.